The van der Waals surface area contributed by atoms with Crippen molar-refractivity contribution in [2.75, 3.05) is 18.5 Å². The van der Waals surface area contributed by atoms with Gasteiger partial charge >= 0.3 is 0 Å². The molecular weight excluding hydrogens is 518 g/mol. The van der Waals surface area contributed by atoms with E-state index in [-0.39, 0.29) is 23.8 Å². The molecule has 8 nitrogen and oxygen atoms in total. The average molecular weight is 562 g/mol. The second kappa shape index (κ2) is 11.6. The molecule has 2 aliphatic carbocycles. The number of rotatable bonds is 9. The number of hydrogen-bond donors (Lipinski definition) is 2. The lowest BCUT2D eigenvalue weighted by Crippen LogP contribution is -2.57. The highest BCUT2D eigenvalue weighted by molar-refractivity contribution is 6.02. The summed E-state index contributed by atoms with van der Waals surface area (Å²) in [5, 5.41) is 6.31. The highest BCUT2D eigenvalue weighted by Crippen LogP contribution is 2.55. The fourth-order valence-electron chi connectivity index (χ4n) is 7.72. The molecule has 7 atom stereocenters. The van der Waals surface area contributed by atoms with Crippen LogP contribution in [-0.4, -0.2) is 59.6 Å². The van der Waals surface area contributed by atoms with Crippen molar-refractivity contribution in [2.45, 2.75) is 95.4 Å². The molecule has 0 radical (unpaired) electrons. The van der Waals surface area contributed by atoms with Crippen LogP contribution in [0.4, 0.5) is 5.69 Å². The molecule has 0 aromatic heterocycles. The molecule has 3 amide bonds. The van der Waals surface area contributed by atoms with Gasteiger partial charge in [0.25, 0.3) is 0 Å². The van der Waals surface area contributed by atoms with E-state index in [1.54, 1.807) is 17.0 Å². The minimum absolute atomic E-state index is 0.0889. The van der Waals surface area contributed by atoms with Gasteiger partial charge in [-0.25, -0.2) is 0 Å². The molecule has 0 unspecified atom stereocenters. The Morgan fingerprint density at radius 3 is 2.63 bits per heavy atom. The lowest BCUT2D eigenvalue weighted by atomic mass is 9.74. The van der Waals surface area contributed by atoms with Gasteiger partial charge in [0.15, 0.2) is 0 Å². The summed E-state index contributed by atoms with van der Waals surface area (Å²) in [5.41, 5.74) is 0.849. The minimum Gasteiger partial charge on any atom is -0.494 e. The molecule has 1 spiro atoms. The SMILES string of the molecule is CCOc1ccc(NC(=O)[C@H]2[C@H]3C=C[C@@]4(O3)[C@H]2C(=O)N(CCC2=CCCCC2)[C@@H]4C(=O)N[C@H]2CCCC[C@H]2C)cc1. The summed E-state index contributed by atoms with van der Waals surface area (Å²) in [6.45, 7) is 5.13. The maximum Gasteiger partial charge on any atom is 0.246 e. The van der Waals surface area contributed by atoms with E-state index >= 15 is 0 Å². The van der Waals surface area contributed by atoms with Crippen LogP contribution in [0, 0.1) is 17.8 Å². The second-order valence-corrected chi connectivity index (χ2v) is 12.4. The zero-order valence-electron chi connectivity index (χ0n) is 24.3. The molecular formula is C33H43N3O5. The Morgan fingerprint density at radius 2 is 1.90 bits per heavy atom. The smallest absolute Gasteiger partial charge is 0.246 e. The van der Waals surface area contributed by atoms with Crippen molar-refractivity contribution in [2.24, 2.45) is 17.8 Å². The molecule has 3 aliphatic heterocycles. The van der Waals surface area contributed by atoms with E-state index < -0.39 is 29.6 Å². The van der Waals surface area contributed by atoms with Crippen LogP contribution in [0.25, 0.3) is 0 Å². The fourth-order valence-corrected chi connectivity index (χ4v) is 7.72. The van der Waals surface area contributed by atoms with Crippen LogP contribution < -0.4 is 15.4 Å². The molecule has 1 saturated carbocycles. The van der Waals surface area contributed by atoms with Crippen LogP contribution in [0.3, 0.4) is 0 Å². The van der Waals surface area contributed by atoms with Crippen molar-refractivity contribution in [3.63, 3.8) is 0 Å². The zero-order chi connectivity index (χ0) is 28.6. The number of amides is 3. The standard InChI is InChI=1S/C33H43N3O5/c1-3-40-24-15-13-23(14-16-24)34-30(37)27-26-17-19-33(41-26)28(27)32(39)36(20-18-22-10-5-4-6-11-22)29(33)31(38)35-25-12-8-7-9-21(25)2/h10,13-17,19,21,25-29H,3-9,11-12,18,20H2,1-2H3,(H,34,37)(H,35,38)/t21-,25+,26-,27+,28-,29-,33-/m1/s1. The maximum absolute atomic E-state index is 14.2. The highest BCUT2D eigenvalue weighted by atomic mass is 16.5. The first kappa shape index (κ1) is 28.0. The number of benzene rings is 1. The molecule has 2 N–H and O–H groups in total. The summed E-state index contributed by atoms with van der Waals surface area (Å²) in [6.07, 6.45) is 15.1. The predicted molar refractivity (Wildman–Crippen MR) is 156 cm³/mol. The van der Waals surface area contributed by atoms with Crippen molar-refractivity contribution >= 4 is 23.4 Å². The van der Waals surface area contributed by atoms with Gasteiger partial charge in [0.05, 0.1) is 24.5 Å². The number of likely N-dealkylation sites (tertiary alicyclic amines) is 1. The summed E-state index contributed by atoms with van der Waals surface area (Å²) < 4.78 is 12.0. The van der Waals surface area contributed by atoms with Gasteiger partial charge in [-0.3, -0.25) is 14.4 Å². The van der Waals surface area contributed by atoms with Crippen molar-refractivity contribution in [1.82, 2.24) is 10.2 Å². The number of carbonyl (C=O) groups excluding carboxylic acids is 3. The molecule has 2 saturated heterocycles. The summed E-state index contributed by atoms with van der Waals surface area (Å²) in [5.74, 6) is -0.899. The third-order valence-electron chi connectivity index (χ3n) is 9.86. The van der Waals surface area contributed by atoms with Gasteiger partial charge in [0, 0.05) is 18.3 Å². The van der Waals surface area contributed by atoms with Crippen LogP contribution in [0.2, 0.25) is 0 Å². The molecule has 3 fully saturated rings. The first-order chi connectivity index (χ1) is 19.9. The van der Waals surface area contributed by atoms with Crippen LogP contribution in [-0.2, 0) is 19.1 Å². The molecule has 6 rings (SSSR count). The Balaban J connectivity index is 1.26. The molecule has 8 heteroatoms. The summed E-state index contributed by atoms with van der Waals surface area (Å²) >= 11 is 0. The fraction of sp³-hybridized carbons (Fsp3) is 0.606. The number of nitrogens with one attached hydrogen (secondary N) is 2. The third kappa shape index (κ3) is 5.20. The van der Waals surface area contributed by atoms with Crippen molar-refractivity contribution in [3.05, 3.63) is 48.1 Å². The molecule has 5 aliphatic rings. The quantitative estimate of drug-likeness (QED) is 0.424. The molecule has 1 aromatic carbocycles. The van der Waals surface area contributed by atoms with Crippen LogP contribution >= 0.6 is 0 Å². The van der Waals surface area contributed by atoms with Crippen molar-refractivity contribution in [1.29, 1.82) is 0 Å². The lowest BCUT2D eigenvalue weighted by molar-refractivity contribution is -0.141. The molecule has 41 heavy (non-hydrogen) atoms. The minimum atomic E-state index is -1.13. The normalized spacial score (nSPS) is 33.9. The average Bonchev–Trinajstić information content (AvgIpc) is 3.62. The number of ether oxygens (including phenoxy) is 2. The number of anilines is 1. The molecule has 2 bridgehead atoms. The number of hydrogen-bond acceptors (Lipinski definition) is 5. The number of fused-ring (bicyclic) bond motifs is 1. The van der Waals surface area contributed by atoms with Crippen molar-refractivity contribution < 1.29 is 23.9 Å². The maximum atomic E-state index is 14.2. The zero-order valence-corrected chi connectivity index (χ0v) is 24.3. The van der Waals surface area contributed by atoms with Gasteiger partial charge in [0.2, 0.25) is 17.7 Å². The monoisotopic (exact) mass is 561 g/mol. The topological polar surface area (TPSA) is 97.0 Å². The number of allylic oxidation sites excluding steroid dienone is 1. The van der Waals surface area contributed by atoms with Gasteiger partial charge in [-0.05, 0) is 82.1 Å². The predicted octanol–water partition coefficient (Wildman–Crippen LogP) is 4.76. The molecule has 3 heterocycles. The first-order valence-electron chi connectivity index (χ1n) is 15.6. The Kier molecular flexibility index (Phi) is 7.94. The highest BCUT2D eigenvalue weighted by Gasteiger charge is 2.72. The van der Waals surface area contributed by atoms with E-state index in [2.05, 4.69) is 23.6 Å². The summed E-state index contributed by atoms with van der Waals surface area (Å²) in [7, 11) is 0. The molecule has 1 aromatic rings. The Hall–Kier alpha value is -3.13. The Bertz CT molecular complexity index is 1230. The van der Waals surface area contributed by atoms with Crippen LogP contribution in [0.15, 0.2) is 48.1 Å². The number of carbonyl (C=O) groups is 3. The largest absolute Gasteiger partial charge is 0.494 e. The number of nitrogens with zero attached hydrogens (tertiary/aromatic N) is 1. The van der Waals surface area contributed by atoms with Crippen molar-refractivity contribution in [3.8, 4) is 5.75 Å². The van der Waals surface area contributed by atoms with Gasteiger partial charge < -0.3 is 25.0 Å². The van der Waals surface area contributed by atoms with Crippen LogP contribution in [0.1, 0.15) is 71.6 Å². The van der Waals surface area contributed by atoms with E-state index in [4.69, 9.17) is 9.47 Å². The molecule has 220 valence electrons. The van der Waals surface area contributed by atoms with Gasteiger partial charge in [-0.1, -0.05) is 43.6 Å². The van der Waals surface area contributed by atoms with Gasteiger partial charge in [-0.2, -0.15) is 0 Å². The van der Waals surface area contributed by atoms with E-state index in [1.807, 2.05) is 31.2 Å². The van der Waals surface area contributed by atoms with Gasteiger partial charge in [-0.15, -0.1) is 0 Å². The van der Waals surface area contributed by atoms with E-state index in [0.717, 1.165) is 50.7 Å². The van der Waals surface area contributed by atoms with Crippen LogP contribution in [0.5, 0.6) is 5.75 Å². The summed E-state index contributed by atoms with van der Waals surface area (Å²) in [4.78, 5) is 43.8. The third-order valence-corrected chi connectivity index (χ3v) is 9.86. The van der Waals surface area contributed by atoms with Gasteiger partial charge in [0.1, 0.15) is 17.4 Å². The Labute approximate surface area is 242 Å². The lowest BCUT2D eigenvalue weighted by Gasteiger charge is -2.36. The Morgan fingerprint density at radius 1 is 1.10 bits per heavy atom. The second-order valence-electron chi connectivity index (χ2n) is 12.4. The van der Waals surface area contributed by atoms with E-state index in [1.165, 1.54) is 18.4 Å². The van der Waals surface area contributed by atoms with E-state index in [9.17, 15) is 14.4 Å². The first-order valence-corrected chi connectivity index (χ1v) is 15.6. The van der Waals surface area contributed by atoms with E-state index in [0.29, 0.717) is 24.8 Å². The summed E-state index contributed by atoms with van der Waals surface area (Å²) in [6, 6.07) is 6.52.